The molecule has 0 heterocycles. The van der Waals surface area contributed by atoms with Crippen LogP contribution >= 0.6 is 0 Å². The molecule has 11 heteroatoms. The van der Waals surface area contributed by atoms with Gasteiger partial charge in [0.1, 0.15) is 18.5 Å². The van der Waals surface area contributed by atoms with Gasteiger partial charge >= 0.3 is 17.9 Å². The fraction of sp³-hybridized carbons (Fsp3) is 0.892. The number of nitrogens with two attached hydrogens (primary N) is 3. The van der Waals surface area contributed by atoms with E-state index in [-0.39, 0.29) is 89.9 Å². The number of carboxylic acid groups (broad SMARTS) is 1. The minimum absolute atomic E-state index is 0.0864. The smallest absolute Gasteiger partial charge is 0.306 e. The Hall–Kier alpha value is -2.08. The molecule has 11 unspecified atom stereocenters. The van der Waals surface area contributed by atoms with E-state index >= 15 is 0 Å². The van der Waals surface area contributed by atoms with Crippen LogP contribution in [0.1, 0.15) is 117 Å². The predicted molar refractivity (Wildman–Crippen MR) is 184 cm³/mol. The zero-order valence-electron chi connectivity index (χ0n) is 29.8. The van der Waals surface area contributed by atoms with Crippen molar-refractivity contribution < 1.29 is 38.5 Å². The fourth-order valence-corrected chi connectivity index (χ4v) is 9.17. The number of carboxylic acids is 1. The third-order valence-corrected chi connectivity index (χ3v) is 12.1. The fourth-order valence-electron chi connectivity index (χ4n) is 9.17. The molecule has 0 amide bonds. The second kappa shape index (κ2) is 19.9. The van der Waals surface area contributed by atoms with E-state index in [9.17, 15) is 24.3 Å². The summed E-state index contributed by atoms with van der Waals surface area (Å²) in [6, 6.07) is 0. The zero-order valence-corrected chi connectivity index (χ0v) is 29.8. The molecule has 3 saturated carbocycles. The SMILES string of the molecule is CC(CCC(=O)O)C1CCC(C)C2C(OC(=O)CCCN)CC3CC(OC(=O)CCCN)CCC3(C)C2CC(OCC(C=O)CCN)C1. The third-order valence-electron chi connectivity index (χ3n) is 12.1. The Morgan fingerprint density at radius 3 is 2.19 bits per heavy atom. The lowest BCUT2D eigenvalue weighted by molar-refractivity contribution is -0.184. The molecule has 0 aromatic heterocycles. The minimum Gasteiger partial charge on any atom is -0.481 e. The van der Waals surface area contributed by atoms with Crippen molar-refractivity contribution in [3.63, 3.8) is 0 Å². The van der Waals surface area contributed by atoms with Gasteiger partial charge in [-0.2, -0.15) is 0 Å². The first kappa shape index (κ1) is 40.4. The van der Waals surface area contributed by atoms with Crippen molar-refractivity contribution in [3.05, 3.63) is 0 Å². The highest BCUT2D eigenvalue weighted by Gasteiger charge is 2.57. The van der Waals surface area contributed by atoms with Gasteiger partial charge in [0.25, 0.3) is 0 Å². The van der Waals surface area contributed by atoms with Crippen LogP contribution in [0, 0.1) is 46.8 Å². The van der Waals surface area contributed by atoms with Crippen molar-refractivity contribution in [1.82, 2.24) is 0 Å². The minimum atomic E-state index is -0.786. The number of fused-ring (bicyclic) bond motifs is 3. The number of ether oxygens (including phenoxy) is 3. The lowest BCUT2D eigenvalue weighted by Gasteiger charge is -2.58. The first-order valence-corrected chi connectivity index (χ1v) is 18.7. The van der Waals surface area contributed by atoms with Gasteiger partial charge in [0, 0.05) is 31.1 Å². The van der Waals surface area contributed by atoms with Crippen LogP contribution in [0.25, 0.3) is 0 Å². The summed E-state index contributed by atoms with van der Waals surface area (Å²) < 4.78 is 19.0. The number of aliphatic carboxylic acids is 1. The molecule has 3 rings (SSSR count). The third kappa shape index (κ3) is 11.5. The monoisotopic (exact) mass is 679 g/mol. The molecule has 0 saturated heterocycles. The first-order chi connectivity index (χ1) is 22.9. The van der Waals surface area contributed by atoms with E-state index in [1.807, 2.05) is 0 Å². The Bertz CT molecular complexity index is 1030. The van der Waals surface area contributed by atoms with E-state index in [0.29, 0.717) is 58.3 Å². The Morgan fingerprint density at radius 1 is 0.875 bits per heavy atom. The lowest BCUT2D eigenvalue weighted by atomic mass is 9.48. The van der Waals surface area contributed by atoms with Crippen LogP contribution in [0.5, 0.6) is 0 Å². The van der Waals surface area contributed by atoms with Crippen LogP contribution in [0.4, 0.5) is 0 Å². The maximum atomic E-state index is 13.2. The first-order valence-electron chi connectivity index (χ1n) is 18.7. The number of esters is 2. The van der Waals surface area contributed by atoms with Gasteiger partial charge in [-0.05, 0) is 125 Å². The van der Waals surface area contributed by atoms with Gasteiger partial charge < -0.3 is 41.3 Å². The van der Waals surface area contributed by atoms with Crippen molar-refractivity contribution in [3.8, 4) is 0 Å². The Balaban J connectivity index is 1.97. The number of carbonyl (C=O) groups excluding carboxylic acids is 3. The van der Waals surface area contributed by atoms with Crippen molar-refractivity contribution in [2.24, 2.45) is 64.0 Å². The number of hydrogen-bond donors (Lipinski definition) is 4. The molecule has 276 valence electrons. The number of rotatable bonds is 18. The van der Waals surface area contributed by atoms with E-state index in [2.05, 4.69) is 20.8 Å². The van der Waals surface area contributed by atoms with E-state index in [0.717, 1.165) is 57.7 Å². The van der Waals surface area contributed by atoms with E-state index in [4.69, 9.17) is 31.4 Å². The molecule has 0 bridgehead atoms. The molecule has 11 atom stereocenters. The average Bonchev–Trinajstić information content (AvgIpc) is 3.12. The molecule has 48 heavy (non-hydrogen) atoms. The van der Waals surface area contributed by atoms with Gasteiger partial charge in [0.2, 0.25) is 0 Å². The molecule has 0 aliphatic heterocycles. The van der Waals surface area contributed by atoms with Gasteiger partial charge in [-0.3, -0.25) is 14.4 Å². The molecule has 0 aromatic rings. The maximum Gasteiger partial charge on any atom is 0.306 e. The zero-order chi connectivity index (χ0) is 35.3. The number of carbonyl (C=O) groups is 4. The quantitative estimate of drug-likeness (QED) is 0.117. The van der Waals surface area contributed by atoms with Crippen molar-refractivity contribution in [1.29, 1.82) is 0 Å². The predicted octanol–water partition coefficient (Wildman–Crippen LogP) is 4.61. The van der Waals surface area contributed by atoms with E-state index < -0.39 is 5.97 Å². The summed E-state index contributed by atoms with van der Waals surface area (Å²) >= 11 is 0. The Labute approximate surface area is 288 Å². The summed E-state index contributed by atoms with van der Waals surface area (Å²) in [4.78, 5) is 49.1. The van der Waals surface area contributed by atoms with E-state index in [1.165, 1.54) is 0 Å². The van der Waals surface area contributed by atoms with Crippen molar-refractivity contribution in [2.75, 3.05) is 26.2 Å². The molecule has 7 N–H and O–H groups in total. The van der Waals surface area contributed by atoms with Gasteiger partial charge in [-0.15, -0.1) is 0 Å². The normalized spacial score (nSPS) is 33.5. The van der Waals surface area contributed by atoms with Crippen LogP contribution in [0.3, 0.4) is 0 Å². The van der Waals surface area contributed by atoms with Crippen LogP contribution < -0.4 is 17.2 Å². The molecule has 3 aliphatic carbocycles. The summed E-state index contributed by atoms with van der Waals surface area (Å²) in [6.07, 6.45) is 9.95. The highest BCUT2D eigenvalue weighted by Crippen LogP contribution is 2.60. The topological polar surface area (TPSA) is 194 Å². The second-order valence-corrected chi connectivity index (χ2v) is 15.4. The van der Waals surface area contributed by atoms with E-state index in [1.54, 1.807) is 0 Å². The highest BCUT2D eigenvalue weighted by molar-refractivity contribution is 5.70. The van der Waals surface area contributed by atoms with Gasteiger partial charge in [-0.1, -0.05) is 27.2 Å². The summed E-state index contributed by atoms with van der Waals surface area (Å²) in [5, 5.41) is 9.41. The molecule has 0 aromatic carbocycles. The lowest BCUT2D eigenvalue weighted by Crippen LogP contribution is -2.56. The van der Waals surface area contributed by atoms with Crippen LogP contribution in [-0.4, -0.2) is 73.9 Å². The van der Waals surface area contributed by atoms with Crippen LogP contribution in [-0.2, 0) is 33.4 Å². The number of aldehydes is 1. The standard InChI is InChI=1S/C37H65N3O8/c1-24(9-11-33(42)43)27-10-8-25(2)36-31(21-30(18-27)46-23-26(22-41)13-17-40)37(3)14-12-29(47-34(44)6-4-15-38)19-28(37)20-32(36)48-35(45)7-5-16-39/h22,24-32,36H,4-21,23,38-40H2,1-3H3,(H,42,43). The van der Waals surface area contributed by atoms with Crippen LogP contribution in [0.2, 0.25) is 0 Å². The summed E-state index contributed by atoms with van der Waals surface area (Å²) in [5.41, 5.74) is 17.1. The Morgan fingerprint density at radius 2 is 1.56 bits per heavy atom. The summed E-state index contributed by atoms with van der Waals surface area (Å²) in [7, 11) is 0. The average molecular weight is 680 g/mol. The molecule has 3 fully saturated rings. The molecule has 3 aliphatic rings. The molecular weight excluding hydrogens is 614 g/mol. The Kier molecular flexibility index (Phi) is 16.8. The molecule has 0 radical (unpaired) electrons. The maximum absolute atomic E-state index is 13.2. The van der Waals surface area contributed by atoms with Crippen molar-refractivity contribution in [2.45, 2.75) is 135 Å². The van der Waals surface area contributed by atoms with Crippen molar-refractivity contribution >= 4 is 24.2 Å². The van der Waals surface area contributed by atoms with Gasteiger partial charge in [0.05, 0.1) is 12.7 Å². The highest BCUT2D eigenvalue weighted by atomic mass is 16.5. The molecule has 11 nitrogen and oxygen atoms in total. The summed E-state index contributed by atoms with van der Waals surface area (Å²) in [5.74, 6) is -0.294. The van der Waals surface area contributed by atoms with Gasteiger partial charge in [-0.25, -0.2) is 0 Å². The number of hydrogen-bond acceptors (Lipinski definition) is 10. The second-order valence-electron chi connectivity index (χ2n) is 15.4. The van der Waals surface area contributed by atoms with Gasteiger partial charge in [0.15, 0.2) is 0 Å². The largest absolute Gasteiger partial charge is 0.481 e. The summed E-state index contributed by atoms with van der Waals surface area (Å²) in [6.45, 7) is 8.39. The molecule has 0 spiro atoms. The molecular formula is C37H65N3O8. The van der Waals surface area contributed by atoms with Crippen LogP contribution in [0.15, 0.2) is 0 Å².